The van der Waals surface area contributed by atoms with Crippen molar-refractivity contribution in [2.75, 3.05) is 18.0 Å². The summed E-state index contributed by atoms with van der Waals surface area (Å²) in [4.78, 5) is 13.4. The molecule has 1 unspecified atom stereocenters. The van der Waals surface area contributed by atoms with Crippen LogP contribution in [0.2, 0.25) is 0 Å². The number of aryl methyl sites for hydroxylation is 1. The van der Waals surface area contributed by atoms with E-state index in [-0.39, 0.29) is 5.91 Å². The fourth-order valence-electron chi connectivity index (χ4n) is 2.43. The van der Waals surface area contributed by atoms with Crippen LogP contribution in [0.25, 0.3) is 0 Å². The zero-order chi connectivity index (χ0) is 12.3. The van der Waals surface area contributed by atoms with Gasteiger partial charge in [0.15, 0.2) is 0 Å². The Morgan fingerprint density at radius 1 is 1.47 bits per heavy atom. The number of carbonyl (C=O) groups is 1. The Morgan fingerprint density at radius 3 is 2.94 bits per heavy atom. The van der Waals surface area contributed by atoms with Gasteiger partial charge in [-0.3, -0.25) is 9.48 Å². The van der Waals surface area contributed by atoms with Gasteiger partial charge in [-0.1, -0.05) is 0 Å². The lowest BCUT2D eigenvalue weighted by atomic mass is 10.1. The van der Waals surface area contributed by atoms with E-state index in [1.807, 2.05) is 24.0 Å². The number of anilines is 1. The zero-order valence-corrected chi connectivity index (χ0v) is 10.5. The second-order valence-corrected chi connectivity index (χ2v) is 4.63. The van der Waals surface area contributed by atoms with E-state index in [1.165, 1.54) is 0 Å². The highest BCUT2D eigenvalue weighted by Gasteiger charge is 2.19. The Labute approximate surface area is 102 Å². The molecule has 0 spiro atoms. The Bertz CT molecular complexity index is 388. The molecule has 17 heavy (non-hydrogen) atoms. The van der Waals surface area contributed by atoms with Gasteiger partial charge in [0.25, 0.3) is 0 Å². The molecule has 5 nitrogen and oxygen atoms in total. The van der Waals surface area contributed by atoms with Crippen LogP contribution >= 0.6 is 0 Å². The molecule has 94 valence electrons. The smallest absolute Gasteiger partial charge is 0.217 e. The first-order chi connectivity index (χ1) is 8.16. The number of aromatic nitrogens is 2. The highest BCUT2D eigenvalue weighted by molar-refractivity contribution is 5.73. The number of nitrogens with one attached hydrogen (secondary N) is 1. The van der Waals surface area contributed by atoms with Crippen LogP contribution in [0.3, 0.4) is 0 Å². The highest BCUT2D eigenvalue weighted by Crippen LogP contribution is 2.18. The molecule has 1 aliphatic heterocycles. The van der Waals surface area contributed by atoms with Crippen molar-refractivity contribution in [2.24, 2.45) is 7.05 Å². The maximum Gasteiger partial charge on any atom is 0.217 e. The number of amides is 1. The number of hydrogen-bond donors (Lipinski definition) is 1. The lowest BCUT2D eigenvalue weighted by Gasteiger charge is -2.22. The fourth-order valence-corrected chi connectivity index (χ4v) is 2.43. The molecule has 1 N–H and O–H groups in total. The Morgan fingerprint density at radius 2 is 2.29 bits per heavy atom. The second kappa shape index (κ2) is 5.21. The molecule has 1 atom stereocenters. The molecule has 1 amide bonds. The van der Waals surface area contributed by atoms with Crippen LogP contribution in [-0.2, 0) is 11.8 Å². The molecule has 1 fully saturated rings. The van der Waals surface area contributed by atoms with Gasteiger partial charge in [0.2, 0.25) is 5.91 Å². The number of nitrogens with zero attached hydrogens (tertiary/aromatic N) is 3. The van der Waals surface area contributed by atoms with Crippen molar-refractivity contribution in [3.63, 3.8) is 0 Å². The quantitative estimate of drug-likeness (QED) is 0.830. The molecule has 1 aromatic rings. The maximum absolute atomic E-state index is 11.0. The van der Waals surface area contributed by atoms with E-state index < -0.39 is 0 Å². The van der Waals surface area contributed by atoms with E-state index in [9.17, 15) is 4.79 Å². The molecule has 0 radical (unpaired) electrons. The average Bonchev–Trinajstić information content (AvgIpc) is 2.56. The summed E-state index contributed by atoms with van der Waals surface area (Å²) < 4.78 is 1.90. The van der Waals surface area contributed by atoms with Gasteiger partial charge in [-0.15, -0.1) is 0 Å². The van der Waals surface area contributed by atoms with Gasteiger partial charge in [0.1, 0.15) is 5.82 Å². The highest BCUT2D eigenvalue weighted by atomic mass is 16.1. The topological polar surface area (TPSA) is 50.2 Å². The molecule has 1 aromatic heterocycles. The van der Waals surface area contributed by atoms with E-state index in [2.05, 4.69) is 15.3 Å². The van der Waals surface area contributed by atoms with E-state index in [1.54, 1.807) is 6.92 Å². The molecule has 0 saturated carbocycles. The molecule has 2 rings (SSSR count). The van der Waals surface area contributed by atoms with E-state index in [0.29, 0.717) is 6.04 Å². The summed E-state index contributed by atoms with van der Waals surface area (Å²) in [6.45, 7) is 3.60. The Hall–Kier alpha value is -1.52. The molecule has 1 saturated heterocycles. The predicted molar refractivity (Wildman–Crippen MR) is 66.9 cm³/mol. The van der Waals surface area contributed by atoms with Gasteiger partial charge in [-0.25, -0.2) is 0 Å². The van der Waals surface area contributed by atoms with E-state index in [0.717, 1.165) is 38.2 Å². The first-order valence-electron chi connectivity index (χ1n) is 6.17. The lowest BCUT2D eigenvalue weighted by molar-refractivity contribution is -0.119. The Kier molecular flexibility index (Phi) is 3.66. The molecule has 0 bridgehead atoms. The summed E-state index contributed by atoms with van der Waals surface area (Å²) in [6, 6.07) is 2.37. The number of carbonyl (C=O) groups excluding carboxylic acids is 1. The van der Waals surface area contributed by atoms with Crippen molar-refractivity contribution in [3.05, 3.63) is 12.3 Å². The molecule has 2 heterocycles. The maximum atomic E-state index is 11.0. The lowest BCUT2D eigenvalue weighted by Crippen LogP contribution is -2.34. The van der Waals surface area contributed by atoms with Crippen LogP contribution in [-0.4, -0.2) is 34.8 Å². The summed E-state index contributed by atoms with van der Waals surface area (Å²) in [5.41, 5.74) is 0. The molecule has 1 aliphatic rings. The minimum absolute atomic E-state index is 0.0731. The van der Waals surface area contributed by atoms with Crippen LogP contribution in [0.1, 0.15) is 26.2 Å². The summed E-state index contributed by atoms with van der Waals surface area (Å²) >= 11 is 0. The average molecular weight is 236 g/mol. The summed E-state index contributed by atoms with van der Waals surface area (Å²) in [5, 5.41) is 7.21. The van der Waals surface area contributed by atoms with Gasteiger partial charge in [0, 0.05) is 39.2 Å². The third-order valence-electron chi connectivity index (χ3n) is 3.25. The van der Waals surface area contributed by atoms with Crippen molar-refractivity contribution in [1.82, 2.24) is 15.1 Å². The number of hydrogen-bond acceptors (Lipinski definition) is 3. The first-order valence-corrected chi connectivity index (χ1v) is 6.17. The van der Waals surface area contributed by atoms with Gasteiger partial charge < -0.3 is 10.2 Å². The van der Waals surface area contributed by atoms with Crippen molar-refractivity contribution >= 4 is 11.7 Å². The molecule has 0 aliphatic carbocycles. The minimum Gasteiger partial charge on any atom is -0.357 e. The van der Waals surface area contributed by atoms with Crippen molar-refractivity contribution in [2.45, 2.75) is 32.2 Å². The van der Waals surface area contributed by atoms with Crippen LogP contribution in [0.4, 0.5) is 5.82 Å². The Balaban J connectivity index is 1.96. The van der Waals surface area contributed by atoms with Crippen molar-refractivity contribution in [1.29, 1.82) is 0 Å². The van der Waals surface area contributed by atoms with Crippen molar-refractivity contribution < 1.29 is 4.79 Å². The molecular weight excluding hydrogens is 216 g/mol. The summed E-state index contributed by atoms with van der Waals surface area (Å²) in [6.07, 6.45) is 5.00. The predicted octanol–water partition coefficient (Wildman–Crippen LogP) is 0.915. The van der Waals surface area contributed by atoms with Crippen molar-refractivity contribution in [3.8, 4) is 0 Å². The van der Waals surface area contributed by atoms with Crippen LogP contribution in [0, 0.1) is 0 Å². The number of rotatable bonds is 2. The monoisotopic (exact) mass is 236 g/mol. The standard InChI is InChI=1S/C12H20N4O/c1-10(17)14-11-4-3-8-16(9-6-11)12-5-7-13-15(12)2/h5,7,11H,3-4,6,8-9H2,1-2H3,(H,14,17). The normalized spacial score (nSPS) is 21.1. The van der Waals surface area contributed by atoms with E-state index in [4.69, 9.17) is 0 Å². The van der Waals surface area contributed by atoms with E-state index >= 15 is 0 Å². The van der Waals surface area contributed by atoms with Gasteiger partial charge >= 0.3 is 0 Å². The molecule has 0 aromatic carbocycles. The first kappa shape index (κ1) is 12.0. The molecule has 5 heteroatoms. The zero-order valence-electron chi connectivity index (χ0n) is 10.5. The van der Waals surface area contributed by atoms with Gasteiger partial charge in [-0.2, -0.15) is 5.10 Å². The SMILES string of the molecule is CC(=O)NC1CCCN(c2ccnn2C)CC1. The third kappa shape index (κ3) is 2.99. The van der Waals surface area contributed by atoms with Crippen LogP contribution < -0.4 is 10.2 Å². The summed E-state index contributed by atoms with van der Waals surface area (Å²) in [5.74, 6) is 1.23. The van der Waals surface area contributed by atoms with Gasteiger partial charge in [0.05, 0.1) is 6.20 Å². The van der Waals surface area contributed by atoms with Crippen LogP contribution in [0.5, 0.6) is 0 Å². The third-order valence-corrected chi connectivity index (χ3v) is 3.25. The fraction of sp³-hybridized carbons (Fsp3) is 0.667. The largest absolute Gasteiger partial charge is 0.357 e. The van der Waals surface area contributed by atoms with Gasteiger partial charge in [-0.05, 0) is 19.3 Å². The minimum atomic E-state index is 0.0731. The molecular formula is C12H20N4O. The second-order valence-electron chi connectivity index (χ2n) is 4.63. The summed E-state index contributed by atoms with van der Waals surface area (Å²) in [7, 11) is 1.96. The van der Waals surface area contributed by atoms with Crippen LogP contribution in [0.15, 0.2) is 12.3 Å².